The van der Waals surface area contributed by atoms with Crippen LogP contribution in [0.2, 0.25) is 0 Å². The molecule has 1 N–H and O–H groups in total. The number of rotatable bonds is 7. The molecule has 1 aromatic heterocycles. The van der Waals surface area contributed by atoms with E-state index in [0.717, 1.165) is 30.9 Å². The molecule has 130 valence electrons. The molecule has 0 spiro atoms. The maximum absolute atomic E-state index is 12.6. The minimum absolute atomic E-state index is 0.0217. The Morgan fingerprint density at radius 3 is 2.87 bits per heavy atom. The van der Waals surface area contributed by atoms with Gasteiger partial charge in [0.05, 0.1) is 12.7 Å². The molecule has 1 aliphatic rings. The molecular weight excluding hydrogens is 290 g/mol. The molecule has 2 rings (SSSR count). The third-order valence-electron chi connectivity index (χ3n) is 4.21. The van der Waals surface area contributed by atoms with Gasteiger partial charge in [-0.05, 0) is 30.7 Å². The van der Waals surface area contributed by atoms with Gasteiger partial charge in [-0.1, -0.05) is 40.5 Å². The predicted octanol–water partition coefficient (Wildman–Crippen LogP) is 3.28. The molecule has 0 radical (unpaired) electrons. The number of aromatic amines is 1. The van der Waals surface area contributed by atoms with E-state index in [-0.39, 0.29) is 12.0 Å². The molecule has 1 amide bonds. The predicted molar refractivity (Wildman–Crippen MR) is 91.5 cm³/mol. The van der Waals surface area contributed by atoms with Crippen LogP contribution < -0.4 is 0 Å². The number of carbonyl (C=O) groups excluding carboxylic acids is 1. The fraction of sp³-hybridized carbons (Fsp3) is 0.778. The highest BCUT2D eigenvalue weighted by Gasteiger charge is 2.26. The third kappa shape index (κ3) is 5.65. The van der Waals surface area contributed by atoms with Crippen LogP contribution in [-0.4, -0.2) is 46.8 Å². The van der Waals surface area contributed by atoms with Crippen LogP contribution in [0.1, 0.15) is 63.1 Å². The first-order valence-corrected chi connectivity index (χ1v) is 8.91. The first kappa shape index (κ1) is 18.0. The molecule has 1 atom stereocenters. The minimum Gasteiger partial charge on any atom is -0.375 e. The molecule has 1 aromatic rings. The summed E-state index contributed by atoms with van der Waals surface area (Å²) in [5.74, 6) is 1.29. The van der Waals surface area contributed by atoms with E-state index in [1.807, 2.05) is 11.0 Å². The number of carbonyl (C=O) groups is 1. The zero-order valence-electron chi connectivity index (χ0n) is 15.0. The average Bonchev–Trinajstić information content (AvgIpc) is 2.94. The highest BCUT2D eigenvalue weighted by atomic mass is 16.5. The van der Waals surface area contributed by atoms with E-state index >= 15 is 0 Å². The topological polar surface area (TPSA) is 58.2 Å². The van der Waals surface area contributed by atoms with Crippen LogP contribution in [0.4, 0.5) is 0 Å². The van der Waals surface area contributed by atoms with Gasteiger partial charge in [-0.3, -0.25) is 9.89 Å². The number of H-pyrrole nitrogens is 1. The Labute approximate surface area is 139 Å². The summed E-state index contributed by atoms with van der Waals surface area (Å²) < 4.78 is 5.81. The van der Waals surface area contributed by atoms with E-state index in [0.29, 0.717) is 31.3 Å². The van der Waals surface area contributed by atoms with E-state index in [9.17, 15) is 4.79 Å². The minimum atomic E-state index is 0.0217. The lowest BCUT2D eigenvalue weighted by Crippen LogP contribution is -2.45. The number of hydrogen-bond donors (Lipinski definition) is 1. The van der Waals surface area contributed by atoms with Gasteiger partial charge in [-0.2, -0.15) is 5.10 Å². The summed E-state index contributed by atoms with van der Waals surface area (Å²) in [5, 5.41) is 7.18. The van der Waals surface area contributed by atoms with Gasteiger partial charge in [0.2, 0.25) is 0 Å². The van der Waals surface area contributed by atoms with Crippen molar-refractivity contribution < 1.29 is 9.53 Å². The number of morpholine rings is 1. The number of ether oxygens (including phenoxy) is 1. The fourth-order valence-electron chi connectivity index (χ4n) is 3.01. The largest absolute Gasteiger partial charge is 0.375 e. The lowest BCUT2D eigenvalue weighted by Gasteiger charge is -2.32. The molecule has 2 heterocycles. The first-order chi connectivity index (χ1) is 11.0. The van der Waals surface area contributed by atoms with Crippen molar-refractivity contribution in [1.29, 1.82) is 0 Å². The molecule has 23 heavy (non-hydrogen) atoms. The Kier molecular flexibility index (Phi) is 6.63. The van der Waals surface area contributed by atoms with Crippen LogP contribution in [0, 0.1) is 11.8 Å². The summed E-state index contributed by atoms with van der Waals surface area (Å²) in [7, 11) is 0. The van der Waals surface area contributed by atoms with Gasteiger partial charge in [-0.15, -0.1) is 0 Å². The number of aromatic nitrogens is 2. The zero-order valence-corrected chi connectivity index (χ0v) is 15.0. The van der Waals surface area contributed by atoms with E-state index in [4.69, 9.17) is 4.74 Å². The van der Waals surface area contributed by atoms with Crippen molar-refractivity contribution in [3.63, 3.8) is 0 Å². The van der Waals surface area contributed by atoms with Crippen molar-refractivity contribution in [2.45, 2.75) is 59.5 Å². The third-order valence-corrected chi connectivity index (χ3v) is 4.21. The summed E-state index contributed by atoms with van der Waals surface area (Å²) >= 11 is 0. The molecule has 0 unspecified atom stereocenters. The van der Waals surface area contributed by atoms with Crippen LogP contribution in [-0.2, 0) is 11.2 Å². The first-order valence-electron chi connectivity index (χ1n) is 8.91. The summed E-state index contributed by atoms with van der Waals surface area (Å²) in [6.07, 6.45) is 4.49. The number of amides is 1. The van der Waals surface area contributed by atoms with E-state index in [1.54, 1.807) is 0 Å². The van der Waals surface area contributed by atoms with Crippen molar-refractivity contribution in [3.05, 3.63) is 17.5 Å². The summed E-state index contributed by atoms with van der Waals surface area (Å²) in [4.78, 5) is 14.5. The zero-order chi connectivity index (χ0) is 16.8. The Bertz CT molecular complexity index is 496. The molecule has 5 heteroatoms. The number of nitrogens with zero attached hydrogens (tertiary/aromatic N) is 2. The van der Waals surface area contributed by atoms with Gasteiger partial charge in [-0.25, -0.2) is 0 Å². The molecule has 0 aliphatic carbocycles. The molecule has 5 nitrogen and oxygen atoms in total. The molecule has 0 bridgehead atoms. The maximum atomic E-state index is 12.6. The monoisotopic (exact) mass is 321 g/mol. The SMILES string of the molecule is CC(C)CCC[C@@H]1CN(C(=O)c2cc(CC(C)C)[nH]n2)CCO1. The maximum Gasteiger partial charge on any atom is 0.274 e. The van der Waals surface area contributed by atoms with E-state index in [2.05, 4.69) is 37.9 Å². The molecular formula is C18H31N3O2. The van der Waals surface area contributed by atoms with E-state index in [1.165, 1.54) is 6.42 Å². The second-order valence-electron chi connectivity index (χ2n) is 7.45. The lowest BCUT2D eigenvalue weighted by molar-refractivity contribution is -0.0262. The quantitative estimate of drug-likeness (QED) is 0.838. The van der Waals surface area contributed by atoms with Gasteiger partial charge in [0, 0.05) is 18.8 Å². The molecule has 1 saturated heterocycles. The fourth-order valence-corrected chi connectivity index (χ4v) is 3.01. The lowest BCUT2D eigenvalue weighted by atomic mass is 10.0. The van der Waals surface area contributed by atoms with Crippen LogP contribution in [0.15, 0.2) is 6.07 Å². The number of hydrogen-bond acceptors (Lipinski definition) is 3. The summed E-state index contributed by atoms with van der Waals surface area (Å²) in [6.45, 7) is 10.8. The van der Waals surface area contributed by atoms with Gasteiger partial charge in [0.25, 0.3) is 5.91 Å². The van der Waals surface area contributed by atoms with Crippen LogP contribution in [0.5, 0.6) is 0 Å². The smallest absolute Gasteiger partial charge is 0.274 e. The van der Waals surface area contributed by atoms with Gasteiger partial charge < -0.3 is 9.64 Å². The van der Waals surface area contributed by atoms with Crippen molar-refractivity contribution in [2.24, 2.45) is 11.8 Å². The standard InChI is InChI=1S/C18H31N3O2/c1-13(2)6-5-7-16-12-21(8-9-23-16)18(22)17-11-15(19-20-17)10-14(3)4/h11,13-14,16H,5-10,12H2,1-4H3,(H,19,20)/t16-/m1/s1. The Balaban J connectivity index is 1.87. The Morgan fingerprint density at radius 1 is 1.39 bits per heavy atom. The van der Waals surface area contributed by atoms with Gasteiger partial charge in [0.15, 0.2) is 0 Å². The molecule has 1 fully saturated rings. The van der Waals surface area contributed by atoms with Crippen molar-refractivity contribution in [1.82, 2.24) is 15.1 Å². The highest BCUT2D eigenvalue weighted by molar-refractivity contribution is 5.92. The van der Waals surface area contributed by atoms with Gasteiger partial charge >= 0.3 is 0 Å². The molecule has 0 saturated carbocycles. The Morgan fingerprint density at radius 2 is 2.17 bits per heavy atom. The van der Waals surface area contributed by atoms with Crippen molar-refractivity contribution in [2.75, 3.05) is 19.7 Å². The summed E-state index contributed by atoms with van der Waals surface area (Å²) in [5.41, 5.74) is 1.56. The van der Waals surface area contributed by atoms with Gasteiger partial charge in [0.1, 0.15) is 5.69 Å². The van der Waals surface area contributed by atoms with Crippen LogP contribution in [0.3, 0.4) is 0 Å². The van der Waals surface area contributed by atoms with Crippen molar-refractivity contribution >= 4 is 5.91 Å². The van der Waals surface area contributed by atoms with E-state index < -0.39 is 0 Å². The Hall–Kier alpha value is -1.36. The highest BCUT2D eigenvalue weighted by Crippen LogP contribution is 2.16. The molecule has 1 aliphatic heterocycles. The normalized spacial score (nSPS) is 18.9. The summed E-state index contributed by atoms with van der Waals surface area (Å²) in [6, 6.07) is 1.89. The second kappa shape index (κ2) is 8.48. The van der Waals surface area contributed by atoms with Crippen LogP contribution >= 0.6 is 0 Å². The average molecular weight is 321 g/mol. The van der Waals surface area contributed by atoms with Crippen LogP contribution in [0.25, 0.3) is 0 Å². The number of nitrogens with one attached hydrogen (secondary N) is 1. The molecule has 0 aromatic carbocycles. The van der Waals surface area contributed by atoms with Crippen molar-refractivity contribution in [3.8, 4) is 0 Å². The second-order valence-corrected chi connectivity index (χ2v) is 7.45.